The molecule has 0 fully saturated rings. The number of halogens is 4. The van der Waals surface area contributed by atoms with Gasteiger partial charge in [0.05, 0.1) is 17.7 Å². The molecule has 0 saturated carbocycles. The standard InChI is InChI=1S/C15H14ClF3N2O5S/c1-4-25-14(22)9-7-8(5-6-10(9)15(17,18)19)26-12-11(16)13(21(2)20-12)27(3,23)24/h5-7H,4H2,1-3H3. The van der Waals surface area contributed by atoms with Crippen LogP contribution in [-0.4, -0.2) is 37.0 Å². The molecule has 0 saturated heterocycles. The Morgan fingerprint density at radius 3 is 2.44 bits per heavy atom. The van der Waals surface area contributed by atoms with Crippen molar-refractivity contribution in [1.82, 2.24) is 9.78 Å². The molecule has 0 unspecified atom stereocenters. The van der Waals surface area contributed by atoms with Crippen molar-refractivity contribution in [3.05, 3.63) is 34.3 Å². The van der Waals surface area contributed by atoms with E-state index in [-0.39, 0.29) is 28.3 Å². The van der Waals surface area contributed by atoms with Crippen molar-refractivity contribution in [1.29, 1.82) is 0 Å². The highest BCUT2D eigenvalue weighted by Gasteiger charge is 2.36. The fourth-order valence-electron chi connectivity index (χ4n) is 2.25. The van der Waals surface area contributed by atoms with Crippen LogP contribution in [-0.2, 0) is 27.8 Å². The second kappa shape index (κ2) is 7.39. The number of nitrogens with zero attached hydrogens (tertiary/aromatic N) is 2. The van der Waals surface area contributed by atoms with Gasteiger partial charge in [-0.15, -0.1) is 5.10 Å². The molecular weight excluding hydrogens is 413 g/mol. The van der Waals surface area contributed by atoms with Crippen molar-refractivity contribution in [2.45, 2.75) is 18.1 Å². The van der Waals surface area contributed by atoms with E-state index in [1.54, 1.807) is 0 Å². The van der Waals surface area contributed by atoms with Crippen LogP contribution in [0.1, 0.15) is 22.8 Å². The van der Waals surface area contributed by atoms with E-state index in [4.69, 9.17) is 16.3 Å². The summed E-state index contributed by atoms with van der Waals surface area (Å²) >= 11 is 5.96. The maximum atomic E-state index is 13.1. The first-order valence-electron chi connectivity index (χ1n) is 7.35. The molecule has 7 nitrogen and oxygen atoms in total. The monoisotopic (exact) mass is 426 g/mol. The molecule has 0 bridgehead atoms. The zero-order chi connectivity index (χ0) is 20.6. The highest BCUT2D eigenvalue weighted by molar-refractivity contribution is 7.90. The van der Waals surface area contributed by atoms with Gasteiger partial charge in [0.1, 0.15) is 10.8 Å². The van der Waals surface area contributed by atoms with Gasteiger partial charge >= 0.3 is 12.1 Å². The van der Waals surface area contributed by atoms with Crippen LogP contribution < -0.4 is 4.74 Å². The van der Waals surface area contributed by atoms with Crippen LogP contribution >= 0.6 is 11.6 Å². The molecule has 0 N–H and O–H groups in total. The highest BCUT2D eigenvalue weighted by atomic mass is 35.5. The number of aryl methyl sites for hydroxylation is 1. The second-order valence-corrected chi connectivity index (χ2v) is 7.66. The normalized spacial score (nSPS) is 12.1. The third-order valence-corrected chi connectivity index (χ3v) is 4.89. The molecule has 0 spiro atoms. The molecule has 27 heavy (non-hydrogen) atoms. The van der Waals surface area contributed by atoms with Crippen molar-refractivity contribution in [3.63, 3.8) is 0 Å². The summed E-state index contributed by atoms with van der Waals surface area (Å²) < 4.78 is 73.7. The summed E-state index contributed by atoms with van der Waals surface area (Å²) in [5.41, 5.74) is -1.95. The lowest BCUT2D eigenvalue weighted by Crippen LogP contribution is -2.15. The van der Waals surface area contributed by atoms with Gasteiger partial charge in [-0.05, 0) is 25.1 Å². The van der Waals surface area contributed by atoms with Gasteiger partial charge < -0.3 is 9.47 Å². The van der Waals surface area contributed by atoms with E-state index in [0.717, 1.165) is 23.1 Å². The quantitative estimate of drug-likeness (QED) is 0.680. The van der Waals surface area contributed by atoms with Crippen LogP contribution in [0.4, 0.5) is 13.2 Å². The van der Waals surface area contributed by atoms with Crippen LogP contribution in [0.25, 0.3) is 0 Å². The van der Waals surface area contributed by atoms with E-state index in [0.29, 0.717) is 6.07 Å². The predicted octanol–water partition coefficient (Wildman–Crippen LogP) is 3.46. The smallest absolute Gasteiger partial charge is 0.417 e. The van der Waals surface area contributed by atoms with Crippen molar-refractivity contribution in [2.75, 3.05) is 12.9 Å². The van der Waals surface area contributed by atoms with Gasteiger partial charge in [0.15, 0.2) is 14.9 Å². The van der Waals surface area contributed by atoms with Crippen molar-refractivity contribution in [3.8, 4) is 11.6 Å². The largest absolute Gasteiger partial charge is 0.462 e. The summed E-state index contributed by atoms with van der Waals surface area (Å²) in [6, 6.07) is 2.43. The molecular formula is C15H14ClF3N2O5S. The van der Waals surface area contributed by atoms with Crippen LogP contribution in [0.2, 0.25) is 5.02 Å². The minimum absolute atomic E-state index is 0.120. The van der Waals surface area contributed by atoms with Gasteiger partial charge in [0.25, 0.3) is 5.88 Å². The number of alkyl halides is 3. The summed E-state index contributed by atoms with van der Waals surface area (Å²) in [7, 11) is -2.41. The van der Waals surface area contributed by atoms with Crippen molar-refractivity contribution < 1.29 is 35.9 Å². The van der Waals surface area contributed by atoms with E-state index in [9.17, 15) is 26.4 Å². The molecule has 0 aliphatic rings. The topological polar surface area (TPSA) is 87.5 Å². The minimum Gasteiger partial charge on any atom is -0.462 e. The summed E-state index contributed by atoms with van der Waals surface area (Å²) in [6.07, 6.45) is -3.87. The Balaban J connectivity index is 2.50. The Labute approximate surface area is 157 Å². The minimum atomic E-state index is -4.78. The number of benzene rings is 1. The third kappa shape index (κ3) is 4.53. The number of carbonyl (C=O) groups is 1. The first kappa shape index (κ1) is 21.0. The van der Waals surface area contributed by atoms with Crippen molar-refractivity contribution in [2.24, 2.45) is 7.05 Å². The highest BCUT2D eigenvalue weighted by Crippen LogP contribution is 2.37. The number of hydrogen-bond donors (Lipinski definition) is 0. The number of aromatic nitrogens is 2. The summed E-state index contributed by atoms with van der Waals surface area (Å²) in [5, 5.41) is 3.14. The lowest BCUT2D eigenvalue weighted by molar-refractivity contribution is -0.138. The van der Waals surface area contributed by atoms with Gasteiger partial charge in [-0.1, -0.05) is 11.6 Å². The Morgan fingerprint density at radius 2 is 1.96 bits per heavy atom. The average Bonchev–Trinajstić information content (AvgIpc) is 2.80. The van der Waals surface area contributed by atoms with Crippen molar-refractivity contribution >= 4 is 27.4 Å². The first-order chi connectivity index (χ1) is 12.4. The Morgan fingerprint density at radius 1 is 1.33 bits per heavy atom. The molecule has 148 valence electrons. The summed E-state index contributed by atoms with van der Waals surface area (Å²) in [5.74, 6) is -1.72. The number of esters is 1. The van der Waals surface area contributed by atoms with Crippen LogP contribution in [0.15, 0.2) is 23.2 Å². The molecule has 1 heterocycles. The van der Waals surface area contributed by atoms with Crippen LogP contribution in [0.3, 0.4) is 0 Å². The number of ether oxygens (including phenoxy) is 2. The maximum absolute atomic E-state index is 13.1. The van der Waals surface area contributed by atoms with Gasteiger partial charge in [0, 0.05) is 13.3 Å². The van der Waals surface area contributed by atoms with E-state index in [1.807, 2.05) is 0 Å². The number of sulfone groups is 1. The molecule has 1 aromatic heterocycles. The van der Waals surface area contributed by atoms with E-state index >= 15 is 0 Å². The maximum Gasteiger partial charge on any atom is 0.417 e. The Hall–Kier alpha value is -2.27. The zero-order valence-electron chi connectivity index (χ0n) is 14.3. The molecule has 2 rings (SSSR count). The average molecular weight is 427 g/mol. The van der Waals surface area contributed by atoms with Gasteiger partial charge in [0.2, 0.25) is 0 Å². The molecule has 0 aliphatic heterocycles. The molecule has 2 aromatic rings. The molecule has 0 radical (unpaired) electrons. The molecule has 1 aromatic carbocycles. The van der Waals surface area contributed by atoms with Gasteiger partial charge in [-0.2, -0.15) is 13.2 Å². The van der Waals surface area contributed by atoms with E-state index in [2.05, 4.69) is 9.84 Å². The summed E-state index contributed by atoms with van der Waals surface area (Å²) in [4.78, 5) is 11.9. The predicted molar refractivity (Wildman–Crippen MR) is 88.8 cm³/mol. The number of rotatable bonds is 5. The SMILES string of the molecule is CCOC(=O)c1cc(Oc2nn(C)c(S(C)(=O)=O)c2Cl)ccc1C(F)(F)F. The van der Waals surface area contributed by atoms with E-state index in [1.165, 1.54) is 14.0 Å². The lowest BCUT2D eigenvalue weighted by Gasteiger charge is -2.13. The van der Waals surface area contributed by atoms with E-state index < -0.39 is 33.1 Å². The Bertz CT molecular complexity index is 986. The first-order valence-corrected chi connectivity index (χ1v) is 9.62. The molecule has 0 amide bonds. The van der Waals surface area contributed by atoms with Gasteiger partial charge in [-0.25, -0.2) is 13.2 Å². The number of carbonyl (C=O) groups excluding carboxylic acids is 1. The summed E-state index contributed by atoms with van der Waals surface area (Å²) in [6.45, 7) is 1.33. The molecule has 0 atom stereocenters. The Kier molecular flexibility index (Phi) is 5.76. The third-order valence-electron chi connectivity index (χ3n) is 3.27. The van der Waals surface area contributed by atoms with Gasteiger partial charge in [-0.3, -0.25) is 4.68 Å². The fraction of sp³-hybridized carbons (Fsp3) is 0.333. The number of hydrogen-bond acceptors (Lipinski definition) is 6. The fourth-order valence-corrected chi connectivity index (χ4v) is 3.80. The van der Waals surface area contributed by atoms with Crippen LogP contribution in [0.5, 0.6) is 11.6 Å². The zero-order valence-corrected chi connectivity index (χ0v) is 15.9. The van der Waals surface area contributed by atoms with Crippen LogP contribution in [0, 0.1) is 0 Å². The molecule has 12 heteroatoms. The lowest BCUT2D eigenvalue weighted by atomic mass is 10.1. The second-order valence-electron chi connectivity index (χ2n) is 5.35. The molecule has 0 aliphatic carbocycles.